The summed E-state index contributed by atoms with van der Waals surface area (Å²) in [6.45, 7) is 7.36. The molecule has 1 N–H and O–H groups in total. The number of halogens is 2. The second-order valence-electron chi connectivity index (χ2n) is 5.97. The van der Waals surface area contributed by atoms with Crippen molar-refractivity contribution in [2.75, 3.05) is 38.2 Å². The number of thioether (sulfide) groups is 1. The minimum absolute atomic E-state index is 0. The number of benzene rings is 1. The molecule has 1 aliphatic heterocycles. The zero-order valence-electron chi connectivity index (χ0n) is 15.2. The highest BCUT2D eigenvalue weighted by Crippen LogP contribution is 2.25. The van der Waals surface area contributed by atoms with Crippen molar-refractivity contribution in [2.45, 2.75) is 32.5 Å². The van der Waals surface area contributed by atoms with E-state index in [0.717, 1.165) is 49.9 Å². The highest BCUT2D eigenvalue weighted by atomic mass is 127. The van der Waals surface area contributed by atoms with Crippen LogP contribution in [0.4, 0.5) is 4.39 Å². The third-order valence-corrected chi connectivity index (χ3v) is 4.60. The standard InChI is InChI=1S/C18H28FN3OS.HI/c1-4-20-18(21-10-5-11-24-3)22-12-14(2)23-17(13-22)15-6-8-16(19)9-7-15;/h6-9,14,17H,4-5,10-13H2,1-3H3,(H,20,21);1H. The first kappa shape index (κ1) is 22.5. The van der Waals surface area contributed by atoms with Crippen LogP contribution in [0.1, 0.15) is 31.9 Å². The highest BCUT2D eigenvalue weighted by Gasteiger charge is 2.28. The molecule has 0 aliphatic carbocycles. The minimum atomic E-state index is -0.219. The second kappa shape index (κ2) is 12.0. The summed E-state index contributed by atoms with van der Waals surface area (Å²) in [5.41, 5.74) is 1.01. The van der Waals surface area contributed by atoms with E-state index in [2.05, 4.69) is 30.3 Å². The number of rotatable bonds is 6. The lowest BCUT2D eigenvalue weighted by Crippen LogP contribution is -2.50. The molecule has 142 valence electrons. The summed E-state index contributed by atoms with van der Waals surface area (Å²) in [5, 5.41) is 3.38. The third kappa shape index (κ3) is 7.30. The number of ether oxygens (including phenoxy) is 1. The molecule has 4 nitrogen and oxygen atoms in total. The molecule has 0 aromatic heterocycles. The number of guanidine groups is 1. The van der Waals surface area contributed by atoms with Crippen molar-refractivity contribution in [1.29, 1.82) is 0 Å². The van der Waals surface area contributed by atoms with Crippen LogP contribution >= 0.6 is 35.7 Å². The summed E-state index contributed by atoms with van der Waals surface area (Å²) < 4.78 is 19.2. The molecule has 0 spiro atoms. The van der Waals surface area contributed by atoms with Crippen molar-refractivity contribution in [3.63, 3.8) is 0 Å². The fourth-order valence-electron chi connectivity index (χ4n) is 2.81. The smallest absolute Gasteiger partial charge is 0.194 e. The van der Waals surface area contributed by atoms with Crippen LogP contribution < -0.4 is 5.32 Å². The van der Waals surface area contributed by atoms with Gasteiger partial charge in [0, 0.05) is 19.6 Å². The molecule has 25 heavy (non-hydrogen) atoms. The molecule has 0 saturated carbocycles. The molecule has 1 aromatic carbocycles. The van der Waals surface area contributed by atoms with Gasteiger partial charge in [0.25, 0.3) is 0 Å². The van der Waals surface area contributed by atoms with Crippen molar-refractivity contribution in [3.8, 4) is 0 Å². The predicted molar refractivity (Wildman–Crippen MR) is 116 cm³/mol. The average Bonchev–Trinajstić information content (AvgIpc) is 2.58. The first-order valence-corrected chi connectivity index (χ1v) is 9.96. The molecule has 2 atom stereocenters. The van der Waals surface area contributed by atoms with Crippen molar-refractivity contribution < 1.29 is 9.13 Å². The number of aliphatic imine (C=N–C) groups is 1. The van der Waals surface area contributed by atoms with Crippen molar-refractivity contribution >= 4 is 41.7 Å². The zero-order valence-corrected chi connectivity index (χ0v) is 18.4. The molecule has 1 fully saturated rings. The van der Waals surface area contributed by atoms with Gasteiger partial charge in [-0.3, -0.25) is 4.99 Å². The van der Waals surface area contributed by atoms with Gasteiger partial charge in [-0.15, -0.1) is 24.0 Å². The number of nitrogens with one attached hydrogen (secondary N) is 1. The number of hydrogen-bond donors (Lipinski definition) is 1. The fraction of sp³-hybridized carbons (Fsp3) is 0.611. The van der Waals surface area contributed by atoms with Crippen LogP contribution in [0.15, 0.2) is 29.3 Å². The summed E-state index contributed by atoms with van der Waals surface area (Å²) in [6, 6.07) is 6.59. The number of hydrogen-bond acceptors (Lipinski definition) is 3. The van der Waals surface area contributed by atoms with E-state index < -0.39 is 0 Å². The van der Waals surface area contributed by atoms with Crippen molar-refractivity contribution in [3.05, 3.63) is 35.6 Å². The van der Waals surface area contributed by atoms with Crippen molar-refractivity contribution in [2.24, 2.45) is 4.99 Å². The van der Waals surface area contributed by atoms with E-state index in [4.69, 9.17) is 9.73 Å². The SMILES string of the molecule is CCNC(=NCCCSC)N1CC(C)OC(c2ccc(F)cc2)C1.I. The molecule has 2 unspecified atom stereocenters. The summed E-state index contributed by atoms with van der Waals surface area (Å²) in [7, 11) is 0. The Labute approximate surface area is 172 Å². The van der Waals surface area contributed by atoms with Gasteiger partial charge in [-0.1, -0.05) is 12.1 Å². The number of morpholine rings is 1. The maximum atomic E-state index is 13.2. The Morgan fingerprint density at radius 2 is 2.08 bits per heavy atom. The van der Waals surface area contributed by atoms with Gasteiger partial charge in [-0.25, -0.2) is 4.39 Å². The maximum absolute atomic E-state index is 13.2. The summed E-state index contributed by atoms with van der Waals surface area (Å²) in [4.78, 5) is 7.01. The quantitative estimate of drug-likeness (QED) is 0.289. The largest absolute Gasteiger partial charge is 0.367 e. The maximum Gasteiger partial charge on any atom is 0.194 e. The lowest BCUT2D eigenvalue weighted by molar-refractivity contribution is -0.0605. The molecular weight excluding hydrogens is 452 g/mol. The van der Waals surface area contributed by atoms with E-state index in [1.54, 1.807) is 12.1 Å². The molecule has 1 heterocycles. The zero-order chi connectivity index (χ0) is 17.4. The molecule has 1 saturated heterocycles. The Morgan fingerprint density at radius 3 is 2.72 bits per heavy atom. The molecule has 1 aromatic rings. The van der Waals surface area contributed by atoms with E-state index >= 15 is 0 Å². The second-order valence-corrected chi connectivity index (χ2v) is 6.96. The lowest BCUT2D eigenvalue weighted by atomic mass is 10.1. The third-order valence-electron chi connectivity index (χ3n) is 3.90. The van der Waals surface area contributed by atoms with Crippen molar-refractivity contribution in [1.82, 2.24) is 10.2 Å². The minimum Gasteiger partial charge on any atom is -0.367 e. The van der Waals surface area contributed by atoms with Crippen LogP contribution in [0.3, 0.4) is 0 Å². The Morgan fingerprint density at radius 1 is 1.36 bits per heavy atom. The van der Waals surface area contributed by atoms with E-state index in [9.17, 15) is 4.39 Å². The Bertz CT molecular complexity index is 530. The number of nitrogens with zero attached hydrogens (tertiary/aromatic N) is 2. The van der Waals surface area contributed by atoms with Crippen LogP contribution in [0.2, 0.25) is 0 Å². The summed E-state index contributed by atoms with van der Waals surface area (Å²) in [5.74, 6) is 1.85. The van der Waals surface area contributed by atoms with Gasteiger partial charge < -0.3 is 15.0 Å². The van der Waals surface area contributed by atoms with Crippen LogP contribution in [-0.4, -0.2) is 55.2 Å². The van der Waals surface area contributed by atoms with Gasteiger partial charge >= 0.3 is 0 Å². The Kier molecular flexibility index (Phi) is 10.8. The molecule has 1 aliphatic rings. The molecule has 0 amide bonds. The molecule has 2 rings (SSSR count). The van der Waals surface area contributed by atoms with Gasteiger partial charge in [-0.2, -0.15) is 11.8 Å². The summed E-state index contributed by atoms with van der Waals surface area (Å²) >= 11 is 1.85. The lowest BCUT2D eigenvalue weighted by Gasteiger charge is -2.38. The van der Waals surface area contributed by atoms with Gasteiger partial charge in [-0.05, 0) is 50.0 Å². The van der Waals surface area contributed by atoms with E-state index in [0.29, 0.717) is 0 Å². The highest BCUT2D eigenvalue weighted by molar-refractivity contribution is 14.0. The van der Waals surface area contributed by atoms with Gasteiger partial charge in [0.15, 0.2) is 5.96 Å². The summed E-state index contributed by atoms with van der Waals surface area (Å²) in [6.07, 6.45) is 3.23. The van der Waals surface area contributed by atoms with Crippen LogP contribution in [0.5, 0.6) is 0 Å². The molecule has 0 radical (unpaired) electrons. The average molecular weight is 481 g/mol. The van der Waals surface area contributed by atoms with Crippen LogP contribution in [0.25, 0.3) is 0 Å². The van der Waals surface area contributed by atoms with Crippen LogP contribution in [0, 0.1) is 5.82 Å². The van der Waals surface area contributed by atoms with Gasteiger partial charge in [0.2, 0.25) is 0 Å². The Hall–Kier alpha value is -0.540. The first-order valence-electron chi connectivity index (χ1n) is 8.57. The van der Waals surface area contributed by atoms with E-state index in [-0.39, 0.29) is 42.0 Å². The van der Waals surface area contributed by atoms with Gasteiger partial charge in [0.1, 0.15) is 11.9 Å². The topological polar surface area (TPSA) is 36.9 Å². The Balaban J connectivity index is 0.00000312. The molecule has 0 bridgehead atoms. The predicted octanol–water partition coefficient (Wildman–Crippen LogP) is 3.92. The van der Waals surface area contributed by atoms with E-state index in [1.807, 2.05) is 11.8 Å². The van der Waals surface area contributed by atoms with Crippen LogP contribution in [-0.2, 0) is 4.74 Å². The van der Waals surface area contributed by atoms with Gasteiger partial charge in [0.05, 0.1) is 12.6 Å². The fourth-order valence-corrected chi connectivity index (χ4v) is 3.22. The molecule has 7 heteroatoms. The normalized spacial score (nSPS) is 21.0. The first-order chi connectivity index (χ1) is 11.6. The molecular formula is C18H29FIN3OS. The van der Waals surface area contributed by atoms with E-state index in [1.165, 1.54) is 12.1 Å². The monoisotopic (exact) mass is 481 g/mol.